The first-order valence-corrected chi connectivity index (χ1v) is 8.60. The first-order valence-electron chi connectivity index (χ1n) is 8.60. The van der Waals surface area contributed by atoms with Gasteiger partial charge in [0.1, 0.15) is 0 Å². The molecule has 2 aromatic carbocycles. The molecule has 1 N–H and O–H groups in total. The summed E-state index contributed by atoms with van der Waals surface area (Å²) >= 11 is 0. The number of hydrogen-bond donors (Lipinski definition) is 1. The van der Waals surface area contributed by atoms with Gasteiger partial charge in [-0.3, -0.25) is 14.6 Å². The average molecular weight is 355 g/mol. The summed E-state index contributed by atoms with van der Waals surface area (Å²) in [6.45, 7) is 0.626. The van der Waals surface area contributed by atoms with Crippen LogP contribution in [-0.2, 0) is 11.3 Å². The van der Waals surface area contributed by atoms with Crippen molar-refractivity contribution in [2.75, 3.05) is 5.32 Å². The average Bonchev–Trinajstić information content (AvgIpc) is 3.07. The maximum Gasteiger partial charge on any atom is 0.296 e. The molecule has 1 amide bonds. The summed E-state index contributed by atoms with van der Waals surface area (Å²) in [7, 11) is 0. The molecule has 5 heteroatoms. The molecule has 0 aliphatic carbocycles. The Labute approximate surface area is 156 Å². The fraction of sp³-hybridized carbons (Fsp3) is 0.0455. The molecule has 132 valence electrons. The Morgan fingerprint density at radius 2 is 1.59 bits per heavy atom. The summed E-state index contributed by atoms with van der Waals surface area (Å²) < 4.78 is 2.00. The lowest BCUT2D eigenvalue weighted by Crippen LogP contribution is -2.22. The quantitative estimate of drug-likeness (QED) is 0.436. The van der Waals surface area contributed by atoms with E-state index in [1.807, 2.05) is 59.2 Å². The number of hydrogen-bond acceptors (Lipinski definition) is 3. The predicted octanol–water partition coefficient (Wildman–Crippen LogP) is 3.91. The second kappa shape index (κ2) is 7.25. The Kier molecular flexibility index (Phi) is 4.49. The van der Waals surface area contributed by atoms with Crippen LogP contribution in [0.1, 0.15) is 15.9 Å². The normalized spacial score (nSPS) is 10.7. The molecule has 2 aromatic heterocycles. The maximum absolute atomic E-state index is 12.8. The number of carbonyl (C=O) groups is 2. The van der Waals surface area contributed by atoms with Crippen LogP contribution in [0, 0.1) is 0 Å². The van der Waals surface area contributed by atoms with Gasteiger partial charge in [-0.25, -0.2) is 0 Å². The molecule has 0 aliphatic heterocycles. The highest BCUT2D eigenvalue weighted by atomic mass is 16.2. The van der Waals surface area contributed by atoms with Crippen molar-refractivity contribution in [2.45, 2.75) is 6.54 Å². The fourth-order valence-corrected chi connectivity index (χ4v) is 3.08. The zero-order valence-electron chi connectivity index (χ0n) is 14.5. The Bertz CT molecular complexity index is 1100. The SMILES string of the molecule is O=C(Nc1ccncc1)C(=O)c1cn(Cc2ccccc2)c2ccccc12. The van der Waals surface area contributed by atoms with Crippen LogP contribution in [0.3, 0.4) is 0 Å². The number of benzene rings is 2. The van der Waals surface area contributed by atoms with Crippen LogP contribution < -0.4 is 5.32 Å². The number of rotatable bonds is 5. The number of nitrogens with one attached hydrogen (secondary N) is 1. The third-order valence-electron chi connectivity index (χ3n) is 4.37. The minimum Gasteiger partial charge on any atom is -0.342 e. The van der Waals surface area contributed by atoms with Gasteiger partial charge in [-0.2, -0.15) is 0 Å². The standard InChI is InChI=1S/C22H17N3O2/c26-21(22(27)24-17-10-12-23-13-11-17)19-15-25(14-16-6-2-1-3-7-16)20-9-5-4-8-18(19)20/h1-13,15H,14H2,(H,23,24,27). The van der Waals surface area contributed by atoms with E-state index < -0.39 is 11.7 Å². The molecule has 0 aliphatic rings. The van der Waals surface area contributed by atoms with Crippen molar-refractivity contribution in [3.05, 3.63) is 96.4 Å². The summed E-state index contributed by atoms with van der Waals surface area (Å²) in [4.78, 5) is 29.1. The second-order valence-corrected chi connectivity index (χ2v) is 6.19. The maximum atomic E-state index is 12.8. The number of fused-ring (bicyclic) bond motifs is 1. The van der Waals surface area contributed by atoms with Gasteiger partial charge in [0.25, 0.3) is 11.7 Å². The lowest BCUT2D eigenvalue weighted by Gasteiger charge is -2.05. The summed E-state index contributed by atoms with van der Waals surface area (Å²) in [5.74, 6) is -1.22. The van der Waals surface area contributed by atoms with E-state index in [0.717, 1.165) is 16.5 Å². The molecule has 0 atom stereocenters. The number of amides is 1. The first-order chi connectivity index (χ1) is 13.2. The van der Waals surface area contributed by atoms with Gasteiger partial charge < -0.3 is 9.88 Å². The van der Waals surface area contributed by atoms with Gasteiger partial charge in [0.15, 0.2) is 0 Å². The molecule has 2 heterocycles. The molecule has 4 rings (SSSR count). The Balaban J connectivity index is 1.67. The van der Waals surface area contributed by atoms with E-state index in [0.29, 0.717) is 17.8 Å². The van der Waals surface area contributed by atoms with Crippen LogP contribution >= 0.6 is 0 Å². The Morgan fingerprint density at radius 1 is 0.889 bits per heavy atom. The number of carbonyl (C=O) groups excluding carboxylic acids is 2. The highest BCUT2D eigenvalue weighted by Crippen LogP contribution is 2.23. The smallest absolute Gasteiger partial charge is 0.296 e. The summed E-state index contributed by atoms with van der Waals surface area (Å²) in [5, 5.41) is 3.39. The molecule has 0 saturated carbocycles. The molecule has 0 bridgehead atoms. The van der Waals surface area contributed by atoms with E-state index in [-0.39, 0.29) is 0 Å². The molecule has 0 radical (unpaired) electrons. The monoisotopic (exact) mass is 355 g/mol. The minimum atomic E-state index is -0.663. The predicted molar refractivity (Wildman–Crippen MR) is 105 cm³/mol. The van der Waals surface area contributed by atoms with Gasteiger partial charge in [0, 0.05) is 41.7 Å². The van der Waals surface area contributed by atoms with E-state index >= 15 is 0 Å². The Morgan fingerprint density at radius 3 is 2.37 bits per heavy atom. The summed E-state index contributed by atoms with van der Waals surface area (Å²) in [6.07, 6.45) is 4.88. The fourth-order valence-electron chi connectivity index (χ4n) is 3.08. The van der Waals surface area contributed by atoms with Crippen molar-refractivity contribution in [3.8, 4) is 0 Å². The van der Waals surface area contributed by atoms with E-state index in [4.69, 9.17) is 0 Å². The van der Waals surface area contributed by atoms with Gasteiger partial charge in [-0.05, 0) is 23.8 Å². The van der Waals surface area contributed by atoms with Gasteiger partial charge in [-0.1, -0.05) is 48.5 Å². The van der Waals surface area contributed by atoms with Crippen LogP contribution in [0.15, 0.2) is 85.3 Å². The van der Waals surface area contributed by atoms with Crippen molar-refractivity contribution in [1.82, 2.24) is 9.55 Å². The van der Waals surface area contributed by atoms with Crippen molar-refractivity contribution in [1.29, 1.82) is 0 Å². The van der Waals surface area contributed by atoms with Crippen molar-refractivity contribution >= 4 is 28.3 Å². The van der Waals surface area contributed by atoms with Crippen LogP contribution in [0.2, 0.25) is 0 Å². The van der Waals surface area contributed by atoms with Gasteiger partial charge in [0.05, 0.1) is 5.56 Å². The number of para-hydroxylation sites is 1. The zero-order valence-corrected chi connectivity index (χ0v) is 14.5. The van der Waals surface area contributed by atoms with Crippen LogP contribution in [0.25, 0.3) is 10.9 Å². The topological polar surface area (TPSA) is 64.0 Å². The van der Waals surface area contributed by atoms with Crippen molar-refractivity contribution in [3.63, 3.8) is 0 Å². The van der Waals surface area contributed by atoms with Crippen molar-refractivity contribution < 1.29 is 9.59 Å². The van der Waals surface area contributed by atoms with E-state index in [1.54, 1.807) is 30.7 Å². The number of Topliss-reactive ketones (excluding diaryl/α,β-unsaturated/α-hetero) is 1. The number of pyridine rings is 1. The van der Waals surface area contributed by atoms with Crippen LogP contribution in [-0.4, -0.2) is 21.2 Å². The molecule has 0 saturated heterocycles. The molecule has 0 fully saturated rings. The Hall–Kier alpha value is -3.73. The highest BCUT2D eigenvalue weighted by Gasteiger charge is 2.21. The minimum absolute atomic E-state index is 0.396. The lowest BCUT2D eigenvalue weighted by molar-refractivity contribution is -0.112. The van der Waals surface area contributed by atoms with E-state index in [2.05, 4.69) is 10.3 Å². The third kappa shape index (κ3) is 3.48. The number of anilines is 1. The number of nitrogens with zero attached hydrogens (tertiary/aromatic N) is 2. The molecule has 27 heavy (non-hydrogen) atoms. The molecular formula is C22H17N3O2. The van der Waals surface area contributed by atoms with Crippen molar-refractivity contribution in [2.24, 2.45) is 0 Å². The van der Waals surface area contributed by atoms with Crippen LogP contribution in [0.5, 0.6) is 0 Å². The second-order valence-electron chi connectivity index (χ2n) is 6.19. The van der Waals surface area contributed by atoms with Gasteiger partial charge >= 0.3 is 0 Å². The molecular weight excluding hydrogens is 338 g/mol. The molecule has 0 spiro atoms. The molecule has 4 aromatic rings. The number of aromatic nitrogens is 2. The first kappa shape index (κ1) is 16.7. The largest absolute Gasteiger partial charge is 0.342 e. The molecule has 0 unspecified atom stereocenters. The van der Waals surface area contributed by atoms with Crippen LogP contribution in [0.4, 0.5) is 5.69 Å². The summed E-state index contributed by atoms with van der Waals surface area (Å²) in [5.41, 5.74) is 2.98. The van der Waals surface area contributed by atoms with Gasteiger partial charge in [-0.15, -0.1) is 0 Å². The van der Waals surface area contributed by atoms with E-state index in [9.17, 15) is 9.59 Å². The third-order valence-corrected chi connectivity index (χ3v) is 4.37. The summed E-state index contributed by atoms with van der Waals surface area (Å²) in [6, 6.07) is 20.9. The highest BCUT2D eigenvalue weighted by molar-refractivity contribution is 6.48. The van der Waals surface area contributed by atoms with E-state index in [1.165, 1.54) is 0 Å². The number of ketones is 1. The lowest BCUT2D eigenvalue weighted by atomic mass is 10.1. The zero-order chi connectivity index (χ0) is 18.6. The molecule has 5 nitrogen and oxygen atoms in total. The van der Waals surface area contributed by atoms with Gasteiger partial charge in [0.2, 0.25) is 0 Å².